The van der Waals surface area contributed by atoms with E-state index in [1.807, 2.05) is 6.07 Å². The Morgan fingerprint density at radius 3 is 2.79 bits per heavy atom. The van der Waals surface area contributed by atoms with E-state index in [4.69, 9.17) is 25.6 Å². The molecule has 9 nitrogen and oxygen atoms in total. The number of halogens is 1. The summed E-state index contributed by atoms with van der Waals surface area (Å²) < 4.78 is 17.0. The summed E-state index contributed by atoms with van der Waals surface area (Å²) in [5.41, 5.74) is 0.607. The van der Waals surface area contributed by atoms with Crippen LogP contribution in [0.4, 0.5) is 5.82 Å². The van der Waals surface area contributed by atoms with Crippen LogP contribution in [-0.4, -0.2) is 62.0 Å². The topological polar surface area (TPSA) is 121 Å². The Morgan fingerprint density at radius 1 is 1.18 bits per heavy atom. The molecular formula is C29H36BrN5O4. The summed E-state index contributed by atoms with van der Waals surface area (Å²) in [7, 11) is 0. The molecule has 3 unspecified atom stereocenters. The van der Waals surface area contributed by atoms with Gasteiger partial charge in [-0.05, 0) is 72.7 Å². The smallest absolute Gasteiger partial charge is 0.224 e. The number of nitriles is 1. The highest BCUT2D eigenvalue weighted by molar-refractivity contribution is 9.10. The molecule has 2 saturated heterocycles. The number of aromatic nitrogens is 1. The summed E-state index contributed by atoms with van der Waals surface area (Å²) in [6.45, 7) is 2.22. The fourth-order valence-electron chi connectivity index (χ4n) is 6.61. The lowest BCUT2D eigenvalue weighted by Gasteiger charge is -2.39. The van der Waals surface area contributed by atoms with E-state index in [1.165, 1.54) is 12.8 Å². The Balaban J connectivity index is 1.05. The van der Waals surface area contributed by atoms with Crippen LogP contribution in [0.2, 0.25) is 0 Å². The number of fused-ring (bicyclic) bond motifs is 3. The van der Waals surface area contributed by atoms with Gasteiger partial charge in [0.2, 0.25) is 11.7 Å². The van der Waals surface area contributed by atoms with Crippen molar-refractivity contribution in [3.8, 4) is 18.4 Å². The first-order chi connectivity index (χ1) is 19.1. The van der Waals surface area contributed by atoms with Crippen molar-refractivity contribution in [2.24, 2.45) is 17.8 Å². The highest BCUT2D eigenvalue weighted by Gasteiger charge is 2.45. The van der Waals surface area contributed by atoms with Crippen molar-refractivity contribution in [3.63, 3.8) is 0 Å². The van der Waals surface area contributed by atoms with Crippen molar-refractivity contribution in [1.29, 1.82) is 5.26 Å². The van der Waals surface area contributed by atoms with Crippen LogP contribution >= 0.6 is 15.9 Å². The number of rotatable bonds is 11. The molecule has 0 aromatic carbocycles. The van der Waals surface area contributed by atoms with Crippen molar-refractivity contribution < 1.29 is 18.7 Å². The Bertz CT molecular complexity index is 1230. The molecule has 3 aliphatic rings. The van der Waals surface area contributed by atoms with E-state index in [9.17, 15) is 4.79 Å². The second-order valence-corrected chi connectivity index (χ2v) is 11.7. The number of nitrogens with one attached hydrogen (secondary N) is 3. The SMILES string of the molecule is C#CCOCCOCCNC(=O)C1CC2C[C@H](C3CCC(Nc4ncc5oc(C#N)cc5c4Br)CC3)CC1N2. The lowest BCUT2D eigenvalue weighted by atomic mass is 9.73. The van der Waals surface area contributed by atoms with Crippen LogP contribution < -0.4 is 16.0 Å². The van der Waals surface area contributed by atoms with Gasteiger partial charge in [0, 0.05) is 36.1 Å². The van der Waals surface area contributed by atoms with Gasteiger partial charge >= 0.3 is 0 Å². The maximum Gasteiger partial charge on any atom is 0.224 e. The normalized spacial score (nSPS) is 28.1. The summed E-state index contributed by atoms with van der Waals surface area (Å²) in [4.78, 5) is 17.4. The van der Waals surface area contributed by atoms with Crippen LogP contribution in [0.3, 0.4) is 0 Å². The molecule has 3 N–H and O–H groups in total. The average molecular weight is 599 g/mol. The maximum absolute atomic E-state index is 12.9. The van der Waals surface area contributed by atoms with Crippen LogP contribution in [-0.2, 0) is 14.3 Å². The summed E-state index contributed by atoms with van der Waals surface area (Å²) in [6.07, 6.45) is 14.6. The number of amides is 1. The van der Waals surface area contributed by atoms with E-state index in [0.29, 0.717) is 62.5 Å². The average Bonchev–Trinajstić information content (AvgIpc) is 3.52. The number of piperidine rings is 1. The second-order valence-electron chi connectivity index (χ2n) is 10.9. The third-order valence-corrected chi connectivity index (χ3v) is 9.27. The van der Waals surface area contributed by atoms with E-state index in [0.717, 1.165) is 47.8 Å². The van der Waals surface area contributed by atoms with Gasteiger partial charge in [0.1, 0.15) is 18.5 Å². The third-order valence-electron chi connectivity index (χ3n) is 8.46. The molecule has 0 spiro atoms. The van der Waals surface area contributed by atoms with Gasteiger partial charge in [0.05, 0.1) is 36.4 Å². The second kappa shape index (κ2) is 13.1. The van der Waals surface area contributed by atoms with Gasteiger partial charge in [-0.2, -0.15) is 5.26 Å². The number of hydrogen-bond donors (Lipinski definition) is 3. The van der Waals surface area contributed by atoms with Crippen LogP contribution in [0.15, 0.2) is 21.2 Å². The first-order valence-electron chi connectivity index (χ1n) is 13.9. The Labute approximate surface area is 237 Å². The van der Waals surface area contributed by atoms with Crippen LogP contribution in [0.25, 0.3) is 11.0 Å². The molecule has 2 aliphatic heterocycles. The minimum Gasteiger partial charge on any atom is -0.444 e. The fourth-order valence-corrected chi connectivity index (χ4v) is 7.14. The molecule has 10 heteroatoms. The summed E-state index contributed by atoms with van der Waals surface area (Å²) in [6, 6.07) is 4.86. The standard InChI is InChI=1S/C29H36BrN5O4/c1-2-8-37-10-11-38-9-7-32-29(36)23-14-21-12-19(13-25(23)34-21)18-3-5-20(6-4-18)35-28-27(30)24-15-22(16-31)39-26(24)17-33-28/h1,15,17-21,23,25,34H,3-14H2,(H,32,36)(H,33,35)/t18?,19-,20?,21?,23?,25?/m0/s1. The molecular weight excluding hydrogens is 562 g/mol. The zero-order valence-corrected chi connectivity index (χ0v) is 23.7. The Kier molecular flexibility index (Phi) is 9.41. The number of pyridine rings is 1. The van der Waals surface area contributed by atoms with Gasteiger partial charge in [0.25, 0.3) is 0 Å². The monoisotopic (exact) mass is 597 g/mol. The lowest BCUT2D eigenvalue weighted by Crippen LogP contribution is -2.45. The molecule has 2 aromatic rings. The molecule has 4 heterocycles. The molecule has 2 aromatic heterocycles. The number of ether oxygens (including phenoxy) is 2. The van der Waals surface area contributed by atoms with Gasteiger partial charge in [-0.3, -0.25) is 4.79 Å². The molecule has 4 atom stereocenters. The van der Waals surface area contributed by atoms with Gasteiger partial charge in [-0.1, -0.05) is 5.92 Å². The van der Waals surface area contributed by atoms with Crippen molar-refractivity contribution in [2.75, 3.05) is 38.3 Å². The number of terminal acetylenes is 1. The predicted molar refractivity (Wildman–Crippen MR) is 151 cm³/mol. The Hall–Kier alpha value is -2.63. The minimum absolute atomic E-state index is 0.0415. The van der Waals surface area contributed by atoms with Crippen molar-refractivity contribution in [1.82, 2.24) is 15.6 Å². The van der Waals surface area contributed by atoms with Crippen LogP contribution in [0.5, 0.6) is 0 Å². The predicted octanol–water partition coefficient (Wildman–Crippen LogP) is 3.97. The molecule has 208 valence electrons. The van der Waals surface area contributed by atoms with Gasteiger partial charge in [-0.25, -0.2) is 4.98 Å². The van der Waals surface area contributed by atoms with Crippen molar-refractivity contribution in [3.05, 3.63) is 22.5 Å². The Morgan fingerprint density at radius 2 is 2.00 bits per heavy atom. The van der Waals surface area contributed by atoms with Crippen molar-refractivity contribution >= 4 is 38.6 Å². The van der Waals surface area contributed by atoms with Gasteiger partial charge < -0.3 is 29.8 Å². The minimum atomic E-state index is 0.0415. The molecule has 39 heavy (non-hydrogen) atoms. The maximum atomic E-state index is 12.9. The number of nitrogens with zero attached hydrogens (tertiary/aromatic N) is 2. The van der Waals surface area contributed by atoms with E-state index < -0.39 is 0 Å². The number of hydrogen-bond acceptors (Lipinski definition) is 8. The van der Waals surface area contributed by atoms with Crippen LogP contribution in [0, 0.1) is 41.4 Å². The quantitative estimate of drug-likeness (QED) is 0.263. The zero-order chi connectivity index (χ0) is 27.2. The molecule has 1 saturated carbocycles. The number of anilines is 1. The van der Waals surface area contributed by atoms with Gasteiger partial charge in [-0.15, -0.1) is 6.42 Å². The van der Waals surface area contributed by atoms with Crippen LogP contribution in [0.1, 0.15) is 50.7 Å². The largest absolute Gasteiger partial charge is 0.444 e. The fraction of sp³-hybridized carbons (Fsp3) is 0.621. The highest BCUT2D eigenvalue weighted by atomic mass is 79.9. The highest BCUT2D eigenvalue weighted by Crippen LogP contribution is 2.43. The molecule has 2 bridgehead atoms. The number of furan rings is 1. The van der Waals surface area contributed by atoms with E-state index in [-0.39, 0.29) is 23.6 Å². The first kappa shape index (κ1) is 27.9. The summed E-state index contributed by atoms with van der Waals surface area (Å²) in [5, 5.41) is 20.4. The van der Waals surface area contributed by atoms with Gasteiger partial charge in [0.15, 0.2) is 5.58 Å². The molecule has 3 fully saturated rings. The summed E-state index contributed by atoms with van der Waals surface area (Å²) in [5.74, 6) is 5.06. The van der Waals surface area contributed by atoms with E-state index in [2.05, 4.69) is 42.8 Å². The molecule has 0 radical (unpaired) electrons. The van der Waals surface area contributed by atoms with E-state index in [1.54, 1.807) is 12.3 Å². The van der Waals surface area contributed by atoms with E-state index >= 15 is 0 Å². The first-order valence-corrected chi connectivity index (χ1v) is 14.7. The number of carbonyl (C=O) groups excluding carboxylic acids is 1. The third kappa shape index (κ3) is 6.75. The zero-order valence-electron chi connectivity index (χ0n) is 22.1. The lowest BCUT2D eigenvalue weighted by molar-refractivity contribution is -0.125. The molecule has 5 rings (SSSR count). The number of carbonyl (C=O) groups is 1. The van der Waals surface area contributed by atoms with Crippen molar-refractivity contribution in [2.45, 2.75) is 63.1 Å². The molecule has 1 aliphatic carbocycles. The molecule has 1 amide bonds. The summed E-state index contributed by atoms with van der Waals surface area (Å²) >= 11 is 3.65.